The van der Waals surface area contributed by atoms with Crippen LogP contribution in [0.15, 0.2) is 42.5 Å². The minimum Gasteiger partial charge on any atom is -0.493 e. The van der Waals surface area contributed by atoms with Crippen LogP contribution in [0.4, 0.5) is 5.69 Å². The van der Waals surface area contributed by atoms with Gasteiger partial charge in [0.05, 0.1) is 7.11 Å². The minimum atomic E-state index is 0.708. The van der Waals surface area contributed by atoms with E-state index in [4.69, 9.17) is 15.2 Å². The summed E-state index contributed by atoms with van der Waals surface area (Å²) in [5.74, 6) is 2.19. The maximum Gasteiger partial charge on any atom is 0.169 e. The van der Waals surface area contributed by atoms with Gasteiger partial charge in [-0.3, -0.25) is 0 Å². The van der Waals surface area contributed by atoms with Gasteiger partial charge in [-0.2, -0.15) is 0 Å². The topological polar surface area (TPSA) is 44.5 Å². The van der Waals surface area contributed by atoms with E-state index < -0.39 is 0 Å². The summed E-state index contributed by atoms with van der Waals surface area (Å²) in [5, 5.41) is 0. The number of benzene rings is 2. The lowest BCUT2D eigenvalue weighted by molar-refractivity contribution is 0.378. The quantitative estimate of drug-likeness (QED) is 0.834. The van der Waals surface area contributed by atoms with Gasteiger partial charge in [-0.1, -0.05) is 13.0 Å². The van der Waals surface area contributed by atoms with Gasteiger partial charge >= 0.3 is 0 Å². The molecule has 0 saturated heterocycles. The van der Waals surface area contributed by atoms with Crippen molar-refractivity contribution in [3.63, 3.8) is 0 Å². The molecule has 0 spiro atoms. The molecular weight excluding hydrogens is 226 g/mol. The summed E-state index contributed by atoms with van der Waals surface area (Å²) in [4.78, 5) is 0. The maximum atomic E-state index is 5.77. The van der Waals surface area contributed by atoms with Crippen LogP contribution in [0, 0.1) is 0 Å². The van der Waals surface area contributed by atoms with Crippen molar-refractivity contribution in [1.82, 2.24) is 0 Å². The average Bonchev–Trinajstić information content (AvgIpc) is 2.41. The molecule has 94 valence electrons. The lowest BCUT2D eigenvalue weighted by Crippen LogP contribution is -1.92. The third-order valence-electron chi connectivity index (χ3n) is 2.74. The fourth-order valence-corrected chi connectivity index (χ4v) is 1.68. The summed E-state index contributed by atoms with van der Waals surface area (Å²) >= 11 is 0. The smallest absolute Gasteiger partial charge is 0.169 e. The first kappa shape index (κ1) is 12.3. The van der Waals surface area contributed by atoms with E-state index in [1.165, 1.54) is 5.56 Å². The molecule has 0 bridgehead atoms. The molecule has 2 N–H and O–H groups in total. The van der Waals surface area contributed by atoms with Crippen LogP contribution in [0.5, 0.6) is 17.2 Å². The zero-order valence-electron chi connectivity index (χ0n) is 10.6. The second kappa shape index (κ2) is 5.45. The molecule has 0 aliphatic heterocycles. The third-order valence-corrected chi connectivity index (χ3v) is 2.74. The van der Waals surface area contributed by atoms with Gasteiger partial charge in [0.25, 0.3) is 0 Å². The molecule has 3 nitrogen and oxygen atoms in total. The van der Waals surface area contributed by atoms with Crippen molar-refractivity contribution >= 4 is 5.69 Å². The number of ether oxygens (including phenoxy) is 2. The van der Waals surface area contributed by atoms with Crippen LogP contribution in [0.1, 0.15) is 12.5 Å². The molecule has 0 unspecified atom stereocenters. The normalized spacial score (nSPS) is 10.1. The van der Waals surface area contributed by atoms with Crippen LogP contribution in [0.3, 0.4) is 0 Å². The number of aryl methyl sites for hydroxylation is 1. The van der Waals surface area contributed by atoms with Gasteiger partial charge in [-0.25, -0.2) is 0 Å². The number of nitrogens with two attached hydrogens (primary N) is 1. The summed E-state index contributed by atoms with van der Waals surface area (Å²) in [5.41, 5.74) is 7.57. The number of methoxy groups -OCH3 is 1. The Balaban J connectivity index is 2.25. The van der Waals surface area contributed by atoms with E-state index in [9.17, 15) is 0 Å². The highest BCUT2D eigenvalue weighted by Gasteiger charge is 2.06. The molecule has 2 aromatic rings. The molecule has 0 heterocycles. The minimum absolute atomic E-state index is 0.708. The van der Waals surface area contributed by atoms with E-state index in [1.807, 2.05) is 42.5 Å². The van der Waals surface area contributed by atoms with Crippen molar-refractivity contribution in [2.75, 3.05) is 12.8 Å². The molecule has 18 heavy (non-hydrogen) atoms. The van der Waals surface area contributed by atoms with Gasteiger partial charge in [0, 0.05) is 5.69 Å². The van der Waals surface area contributed by atoms with E-state index in [0.29, 0.717) is 5.75 Å². The maximum absolute atomic E-state index is 5.77. The van der Waals surface area contributed by atoms with Gasteiger partial charge in [0.1, 0.15) is 5.75 Å². The van der Waals surface area contributed by atoms with E-state index in [0.717, 1.165) is 23.6 Å². The zero-order chi connectivity index (χ0) is 13.0. The molecule has 0 atom stereocenters. The van der Waals surface area contributed by atoms with Crippen LogP contribution in [0.2, 0.25) is 0 Å². The van der Waals surface area contributed by atoms with Crippen molar-refractivity contribution in [1.29, 1.82) is 0 Å². The number of hydrogen-bond donors (Lipinski definition) is 1. The van der Waals surface area contributed by atoms with Crippen molar-refractivity contribution < 1.29 is 9.47 Å². The predicted molar refractivity (Wildman–Crippen MR) is 73.3 cm³/mol. The summed E-state index contributed by atoms with van der Waals surface area (Å²) in [6.45, 7) is 2.11. The Morgan fingerprint density at radius 3 is 2.33 bits per heavy atom. The summed E-state index contributed by atoms with van der Waals surface area (Å²) in [7, 11) is 1.64. The van der Waals surface area contributed by atoms with E-state index in [-0.39, 0.29) is 0 Å². The first-order valence-corrected chi connectivity index (χ1v) is 5.93. The van der Waals surface area contributed by atoms with Gasteiger partial charge < -0.3 is 15.2 Å². The standard InChI is InChI=1S/C15H17NO2/c1-3-11-4-9-14(15(10-11)17-2)18-13-7-5-12(16)6-8-13/h4-10H,3,16H2,1-2H3. The molecule has 0 aromatic heterocycles. The number of anilines is 1. The second-order valence-electron chi connectivity index (χ2n) is 4.01. The van der Waals surface area contributed by atoms with Gasteiger partial charge in [0.2, 0.25) is 0 Å². The van der Waals surface area contributed by atoms with Gasteiger partial charge in [-0.15, -0.1) is 0 Å². The van der Waals surface area contributed by atoms with Crippen molar-refractivity contribution in [2.45, 2.75) is 13.3 Å². The Kier molecular flexibility index (Phi) is 3.72. The fourth-order valence-electron chi connectivity index (χ4n) is 1.68. The molecule has 0 aliphatic carbocycles. The van der Waals surface area contributed by atoms with Crippen LogP contribution >= 0.6 is 0 Å². The van der Waals surface area contributed by atoms with E-state index in [1.54, 1.807) is 7.11 Å². The van der Waals surface area contributed by atoms with Crippen LogP contribution in [-0.2, 0) is 6.42 Å². The largest absolute Gasteiger partial charge is 0.493 e. The lowest BCUT2D eigenvalue weighted by atomic mass is 10.1. The Hall–Kier alpha value is -2.16. The van der Waals surface area contributed by atoms with E-state index in [2.05, 4.69) is 6.92 Å². The molecule has 0 radical (unpaired) electrons. The molecule has 0 amide bonds. The van der Waals surface area contributed by atoms with Crippen molar-refractivity contribution in [3.8, 4) is 17.2 Å². The second-order valence-corrected chi connectivity index (χ2v) is 4.01. The number of rotatable bonds is 4. The summed E-state index contributed by atoms with van der Waals surface area (Å²) in [6.07, 6.45) is 0.971. The van der Waals surface area contributed by atoms with Gasteiger partial charge in [-0.05, 0) is 48.4 Å². The monoisotopic (exact) mass is 243 g/mol. The Labute approximate surface area is 107 Å². The molecule has 0 saturated carbocycles. The molecule has 2 aromatic carbocycles. The Bertz CT molecular complexity index is 521. The predicted octanol–water partition coefficient (Wildman–Crippen LogP) is 3.63. The SMILES string of the molecule is CCc1ccc(Oc2ccc(N)cc2)c(OC)c1. The highest BCUT2D eigenvalue weighted by atomic mass is 16.5. The van der Waals surface area contributed by atoms with Crippen molar-refractivity contribution in [2.24, 2.45) is 0 Å². The highest BCUT2D eigenvalue weighted by Crippen LogP contribution is 2.32. The summed E-state index contributed by atoms with van der Waals surface area (Å²) in [6, 6.07) is 13.2. The average molecular weight is 243 g/mol. The first-order valence-electron chi connectivity index (χ1n) is 5.93. The third kappa shape index (κ3) is 2.74. The fraction of sp³-hybridized carbons (Fsp3) is 0.200. The van der Waals surface area contributed by atoms with Crippen LogP contribution in [0.25, 0.3) is 0 Å². The number of hydrogen-bond acceptors (Lipinski definition) is 3. The van der Waals surface area contributed by atoms with Crippen molar-refractivity contribution in [3.05, 3.63) is 48.0 Å². The van der Waals surface area contributed by atoms with Gasteiger partial charge in [0.15, 0.2) is 11.5 Å². The highest BCUT2D eigenvalue weighted by molar-refractivity contribution is 5.47. The van der Waals surface area contributed by atoms with E-state index >= 15 is 0 Å². The van der Waals surface area contributed by atoms with Crippen LogP contribution < -0.4 is 15.2 Å². The Morgan fingerprint density at radius 2 is 1.72 bits per heavy atom. The molecule has 0 aliphatic rings. The zero-order valence-corrected chi connectivity index (χ0v) is 10.6. The molecular formula is C15H17NO2. The molecule has 2 rings (SSSR count). The number of nitrogen functional groups attached to an aromatic ring is 1. The first-order chi connectivity index (χ1) is 8.72. The molecule has 0 fully saturated rings. The Morgan fingerprint density at radius 1 is 1.00 bits per heavy atom. The van der Waals surface area contributed by atoms with Crippen LogP contribution in [-0.4, -0.2) is 7.11 Å². The lowest BCUT2D eigenvalue weighted by Gasteiger charge is -2.11. The molecule has 3 heteroatoms. The summed E-state index contributed by atoms with van der Waals surface area (Å²) < 4.78 is 11.1.